The first-order valence-corrected chi connectivity index (χ1v) is 12.0. The molecule has 4 rings (SSSR count). The predicted octanol–water partition coefficient (Wildman–Crippen LogP) is 1.75. The second kappa shape index (κ2) is 10.7. The fraction of sp³-hybridized carbons (Fsp3) is 0.609. The van der Waals surface area contributed by atoms with Gasteiger partial charge in [0.2, 0.25) is 11.8 Å². The van der Waals surface area contributed by atoms with E-state index in [4.69, 9.17) is 15.2 Å². The van der Waals surface area contributed by atoms with Crippen molar-refractivity contribution in [1.82, 2.24) is 30.2 Å². The van der Waals surface area contributed by atoms with Gasteiger partial charge in [-0.05, 0) is 44.9 Å². The second-order valence-electron chi connectivity index (χ2n) is 9.22. The largest absolute Gasteiger partial charge is 0.488 e. The van der Waals surface area contributed by atoms with Crippen LogP contribution >= 0.6 is 0 Å². The van der Waals surface area contributed by atoms with E-state index in [1.54, 1.807) is 6.20 Å². The summed E-state index contributed by atoms with van der Waals surface area (Å²) >= 11 is 0. The van der Waals surface area contributed by atoms with E-state index in [0.29, 0.717) is 43.1 Å². The standard InChI is InChI=1S/C23H31N9O3/c1-3-15(2)28-20(33)19-29-21(31-22(30-19)35-13-23(12-24)6-7-23)32-8-4-16(5-9-32)11-34-17-10-26-14-27-18(17)25/h10,14-16H,3-9,11,13H2,1-2H3,(H,28,33)(H2,25,26,27)/t15-/m1/s1. The van der Waals surface area contributed by atoms with Crippen molar-refractivity contribution in [2.45, 2.75) is 52.0 Å². The molecule has 1 atom stereocenters. The van der Waals surface area contributed by atoms with Gasteiger partial charge in [0.05, 0.1) is 24.3 Å². The van der Waals surface area contributed by atoms with E-state index in [9.17, 15) is 10.1 Å². The second-order valence-corrected chi connectivity index (χ2v) is 9.22. The Kier molecular flexibility index (Phi) is 7.43. The van der Waals surface area contributed by atoms with Gasteiger partial charge in [0.1, 0.15) is 12.9 Å². The van der Waals surface area contributed by atoms with Gasteiger partial charge in [-0.25, -0.2) is 9.97 Å². The molecule has 1 saturated heterocycles. The number of nitriles is 1. The highest BCUT2D eigenvalue weighted by Gasteiger charge is 2.44. The van der Waals surface area contributed by atoms with Crippen LogP contribution in [0, 0.1) is 22.7 Å². The third-order valence-corrected chi connectivity index (χ3v) is 6.44. The van der Waals surface area contributed by atoms with Crippen molar-refractivity contribution in [3.05, 3.63) is 18.3 Å². The van der Waals surface area contributed by atoms with E-state index in [0.717, 1.165) is 32.1 Å². The Hall–Kier alpha value is -3.75. The first kappa shape index (κ1) is 24.4. The molecule has 35 heavy (non-hydrogen) atoms. The lowest BCUT2D eigenvalue weighted by Crippen LogP contribution is -2.38. The number of amides is 1. The maximum atomic E-state index is 12.7. The minimum Gasteiger partial charge on any atom is -0.488 e. The summed E-state index contributed by atoms with van der Waals surface area (Å²) in [7, 11) is 0. The monoisotopic (exact) mass is 481 g/mol. The molecule has 0 unspecified atom stereocenters. The molecule has 0 aromatic carbocycles. The summed E-state index contributed by atoms with van der Waals surface area (Å²) in [5.41, 5.74) is 5.35. The average molecular weight is 482 g/mol. The number of nitrogen functional groups attached to an aromatic ring is 1. The maximum absolute atomic E-state index is 12.7. The van der Waals surface area contributed by atoms with Gasteiger partial charge in [-0.2, -0.15) is 20.2 Å². The Balaban J connectivity index is 1.42. The topological polar surface area (TPSA) is 165 Å². The van der Waals surface area contributed by atoms with E-state index < -0.39 is 5.41 Å². The van der Waals surface area contributed by atoms with Crippen LogP contribution in [-0.2, 0) is 0 Å². The van der Waals surface area contributed by atoms with E-state index in [-0.39, 0.29) is 30.4 Å². The van der Waals surface area contributed by atoms with Gasteiger partial charge < -0.3 is 25.4 Å². The van der Waals surface area contributed by atoms with Gasteiger partial charge >= 0.3 is 6.01 Å². The number of anilines is 2. The molecule has 186 valence electrons. The Bertz CT molecular complexity index is 1080. The first-order chi connectivity index (χ1) is 16.9. The Labute approximate surface area is 204 Å². The van der Waals surface area contributed by atoms with Crippen LogP contribution in [0.15, 0.2) is 12.5 Å². The fourth-order valence-corrected chi connectivity index (χ4v) is 3.63. The third kappa shape index (κ3) is 6.23. The predicted molar refractivity (Wildman–Crippen MR) is 127 cm³/mol. The van der Waals surface area contributed by atoms with Crippen LogP contribution in [0.25, 0.3) is 0 Å². The van der Waals surface area contributed by atoms with Crippen LogP contribution in [0.4, 0.5) is 11.8 Å². The van der Waals surface area contributed by atoms with Crippen LogP contribution in [0.2, 0.25) is 0 Å². The zero-order valence-electron chi connectivity index (χ0n) is 20.1. The van der Waals surface area contributed by atoms with Crippen molar-refractivity contribution < 1.29 is 14.3 Å². The zero-order valence-corrected chi connectivity index (χ0v) is 20.1. The number of ether oxygens (including phenoxy) is 2. The van der Waals surface area contributed by atoms with Crippen molar-refractivity contribution in [3.8, 4) is 17.8 Å². The van der Waals surface area contributed by atoms with E-state index in [1.807, 2.05) is 18.7 Å². The van der Waals surface area contributed by atoms with Gasteiger partial charge in [0.15, 0.2) is 11.6 Å². The summed E-state index contributed by atoms with van der Waals surface area (Å²) in [6.07, 6.45) is 7.01. The normalized spacial score (nSPS) is 17.8. The van der Waals surface area contributed by atoms with Gasteiger partial charge in [0.25, 0.3) is 5.91 Å². The Morgan fingerprint density at radius 3 is 2.74 bits per heavy atom. The lowest BCUT2D eigenvalue weighted by Gasteiger charge is -2.32. The molecule has 1 aliphatic heterocycles. The minimum absolute atomic E-state index is 0.0112. The molecule has 1 saturated carbocycles. The molecule has 1 aliphatic carbocycles. The maximum Gasteiger partial charge on any atom is 0.322 e. The minimum atomic E-state index is -0.475. The fourth-order valence-electron chi connectivity index (χ4n) is 3.63. The molecule has 12 heteroatoms. The number of hydrogen-bond donors (Lipinski definition) is 2. The number of hydrogen-bond acceptors (Lipinski definition) is 11. The molecule has 3 heterocycles. The SMILES string of the molecule is CC[C@@H](C)NC(=O)c1nc(OCC2(C#N)CC2)nc(N2CCC(COc3cncnc3N)CC2)n1. The lowest BCUT2D eigenvalue weighted by atomic mass is 9.98. The van der Waals surface area contributed by atoms with Crippen molar-refractivity contribution in [3.63, 3.8) is 0 Å². The Morgan fingerprint density at radius 2 is 2.09 bits per heavy atom. The van der Waals surface area contributed by atoms with Gasteiger partial charge in [-0.3, -0.25) is 4.79 Å². The number of carbonyl (C=O) groups is 1. The van der Waals surface area contributed by atoms with E-state index >= 15 is 0 Å². The van der Waals surface area contributed by atoms with Gasteiger partial charge in [-0.15, -0.1) is 0 Å². The lowest BCUT2D eigenvalue weighted by molar-refractivity contribution is 0.0926. The van der Waals surface area contributed by atoms with Gasteiger partial charge in [-0.1, -0.05) is 6.92 Å². The Morgan fingerprint density at radius 1 is 1.31 bits per heavy atom. The summed E-state index contributed by atoms with van der Waals surface area (Å²) in [6.45, 7) is 5.99. The van der Waals surface area contributed by atoms with E-state index in [1.165, 1.54) is 6.33 Å². The summed E-state index contributed by atoms with van der Waals surface area (Å²) in [6, 6.07) is 2.34. The summed E-state index contributed by atoms with van der Waals surface area (Å²) in [5.74, 6) is 1.16. The number of nitrogens with zero attached hydrogens (tertiary/aromatic N) is 7. The first-order valence-electron chi connectivity index (χ1n) is 12.0. The number of nitrogens with one attached hydrogen (secondary N) is 1. The highest BCUT2D eigenvalue weighted by atomic mass is 16.5. The van der Waals surface area contributed by atoms with Crippen molar-refractivity contribution in [1.29, 1.82) is 5.26 Å². The number of nitrogens with two attached hydrogens (primary N) is 1. The smallest absolute Gasteiger partial charge is 0.322 e. The summed E-state index contributed by atoms with van der Waals surface area (Å²) in [5, 5.41) is 12.2. The number of rotatable bonds is 10. The molecular weight excluding hydrogens is 450 g/mol. The van der Waals surface area contributed by atoms with Crippen LogP contribution in [0.5, 0.6) is 11.8 Å². The molecule has 2 aromatic heterocycles. The van der Waals surface area contributed by atoms with Crippen molar-refractivity contribution in [2.75, 3.05) is 36.9 Å². The molecule has 0 radical (unpaired) electrons. The molecule has 1 amide bonds. The van der Waals surface area contributed by atoms with Gasteiger partial charge in [0, 0.05) is 19.1 Å². The zero-order chi connectivity index (χ0) is 24.8. The van der Waals surface area contributed by atoms with E-state index in [2.05, 4.69) is 36.3 Å². The highest BCUT2D eigenvalue weighted by molar-refractivity contribution is 5.90. The van der Waals surface area contributed by atoms with Crippen LogP contribution < -0.4 is 25.4 Å². The molecule has 0 spiro atoms. The molecule has 3 N–H and O–H groups in total. The average Bonchev–Trinajstić information content (AvgIpc) is 3.67. The third-order valence-electron chi connectivity index (χ3n) is 6.44. The van der Waals surface area contributed by atoms with Crippen LogP contribution in [0.3, 0.4) is 0 Å². The quantitative estimate of drug-likeness (QED) is 0.507. The number of aromatic nitrogens is 5. The van der Waals surface area contributed by atoms with Crippen molar-refractivity contribution >= 4 is 17.7 Å². The molecule has 2 fully saturated rings. The summed E-state index contributed by atoms with van der Waals surface area (Å²) in [4.78, 5) is 35.8. The molecule has 12 nitrogen and oxygen atoms in total. The molecule has 2 aromatic rings. The molecular formula is C23H31N9O3. The molecule has 0 bridgehead atoms. The molecule has 2 aliphatic rings. The highest BCUT2D eigenvalue weighted by Crippen LogP contribution is 2.44. The van der Waals surface area contributed by atoms with Crippen LogP contribution in [-0.4, -0.2) is 63.2 Å². The number of piperidine rings is 1. The van der Waals surface area contributed by atoms with Crippen LogP contribution in [0.1, 0.15) is 56.6 Å². The number of carbonyl (C=O) groups excluding carboxylic acids is 1. The summed E-state index contributed by atoms with van der Waals surface area (Å²) < 4.78 is 11.6. The van der Waals surface area contributed by atoms with Crippen molar-refractivity contribution in [2.24, 2.45) is 11.3 Å².